The smallest absolute Gasteiger partial charge is 0.123 e. The summed E-state index contributed by atoms with van der Waals surface area (Å²) < 4.78 is 27.4. The Bertz CT molecular complexity index is 957. The van der Waals surface area contributed by atoms with Crippen LogP contribution in [-0.4, -0.2) is 8.80 Å². The molecule has 1 aliphatic heterocycles. The summed E-state index contributed by atoms with van der Waals surface area (Å²) in [4.78, 5) is 0. The molecule has 3 heteroatoms. The maximum absolute atomic E-state index is 13.9. The zero-order chi connectivity index (χ0) is 20.2. The fourth-order valence-corrected chi connectivity index (χ4v) is 8.21. The maximum atomic E-state index is 13.9. The van der Waals surface area contributed by atoms with Crippen LogP contribution in [0.3, 0.4) is 0 Å². The second-order valence-corrected chi connectivity index (χ2v) is 11.8. The Hall–Kier alpha value is -2.26. The van der Waals surface area contributed by atoms with Crippen LogP contribution in [0.4, 0.5) is 8.78 Å². The van der Waals surface area contributed by atoms with Crippen molar-refractivity contribution in [2.75, 3.05) is 0 Å². The number of hydrogen-bond donors (Lipinski definition) is 0. The average molecular weight is 407 g/mol. The van der Waals surface area contributed by atoms with Crippen molar-refractivity contribution in [2.45, 2.75) is 50.2 Å². The average Bonchev–Trinajstić information content (AvgIpc) is 2.75. The van der Waals surface area contributed by atoms with E-state index >= 15 is 0 Å². The summed E-state index contributed by atoms with van der Waals surface area (Å²) in [5, 5.41) is 0. The van der Waals surface area contributed by atoms with Crippen LogP contribution >= 0.6 is 0 Å². The SMILES string of the molecule is CCC[Si@H]1CC[C@H](c2ccc(-c3cccc(F)c3)c(-c3ccc(F)cc3)c2)CC1. The fourth-order valence-electron chi connectivity index (χ4n) is 4.78. The van der Waals surface area contributed by atoms with Gasteiger partial charge >= 0.3 is 0 Å². The maximum Gasteiger partial charge on any atom is 0.123 e. The first-order chi connectivity index (χ1) is 14.1. The van der Waals surface area contributed by atoms with Gasteiger partial charge in [0.15, 0.2) is 0 Å². The first kappa shape index (κ1) is 20.0. The number of benzene rings is 3. The van der Waals surface area contributed by atoms with Crippen molar-refractivity contribution in [3.63, 3.8) is 0 Å². The van der Waals surface area contributed by atoms with Crippen molar-refractivity contribution in [1.29, 1.82) is 0 Å². The molecule has 0 N–H and O–H groups in total. The summed E-state index contributed by atoms with van der Waals surface area (Å²) >= 11 is 0. The molecular weight excluding hydrogens is 378 g/mol. The summed E-state index contributed by atoms with van der Waals surface area (Å²) in [6.07, 6.45) is 3.91. The van der Waals surface area contributed by atoms with Crippen molar-refractivity contribution in [1.82, 2.24) is 0 Å². The van der Waals surface area contributed by atoms with E-state index in [0.29, 0.717) is 5.92 Å². The van der Waals surface area contributed by atoms with Crippen molar-refractivity contribution in [3.8, 4) is 22.3 Å². The molecule has 3 aromatic carbocycles. The standard InChI is InChI=1S/C26H28F2Si/c1-2-14-29-15-12-19(13-16-29)21-8-11-25(22-4-3-5-24(28)17-22)26(18-21)20-6-9-23(27)10-7-20/h3-11,17-19,29H,2,12-16H2,1H3/t19-,29-. The van der Waals surface area contributed by atoms with Crippen molar-refractivity contribution in [3.05, 3.63) is 83.9 Å². The first-order valence-corrected chi connectivity index (χ1v) is 13.2. The molecule has 0 aliphatic carbocycles. The highest BCUT2D eigenvalue weighted by Gasteiger charge is 2.23. The molecule has 4 rings (SSSR count). The van der Waals surface area contributed by atoms with E-state index in [4.69, 9.17) is 0 Å². The van der Waals surface area contributed by atoms with Gasteiger partial charge in [-0.2, -0.15) is 0 Å². The monoisotopic (exact) mass is 406 g/mol. The lowest BCUT2D eigenvalue weighted by Gasteiger charge is -2.28. The number of hydrogen-bond acceptors (Lipinski definition) is 0. The van der Waals surface area contributed by atoms with E-state index in [2.05, 4.69) is 25.1 Å². The van der Waals surface area contributed by atoms with Crippen LogP contribution in [0.2, 0.25) is 18.1 Å². The summed E-state index contributed by atoms with van der Waals surface area (Å²) in [5.41, 5.74) is 5.25. The second kappa shape index (κ2) is 9.04. The van der Waals surface area contributed by atoms with Gasteiger partial charge in [0.1, 0.15) is 11.6 Å². The van der Waals surface area contributed by atoms with Crippen molar-refractivity contribution >= 4 is 8.80 Å². The van der Waals surface area contributed by atoms with E-state index in [1.54, 1.807) is 12.1 Å². The Kier molecular flexibility index (Phi) is 6.24. The molecule has 3 aromatic rings. The van der Waals surface area contributed by atoms with Crippen molar-refractivity contribution < 1.29 is 8.78 Å². The molecule has 0 spiro atoms. The largest absolute Gasteiger partial charge is 0.207 e. The van der Waals surface area contributed by atoms with Crippen LogP contribution in [0.15, 0.2) is 66.7 Å². The third-order valence-electron chi connectivity index (χ3n) is 6.35. The Morgan fingerprint density at radius 1 is 0.793 bits per heavy atom. The second-order valence-electron chi connectivity index (χ2n) is 8.33. The lowest BCUT2D eigenvalue weighted by molar-refractivity contribution is 0.606. The van der Waals surface area contributed by atoms with E-state index in [1.807, 2.05) is 18.2 Å². The van der Waals surface area contributed by atoms with Gasteiger partial charge in [-0.05, 0) is 70.8 Å². The van der Waals surface area contributed by atoms with Crippen LogP contribution in [-0.2, 0) is 0 Å². The van der Waals surface area contributed by atoms with Crippen molar-refractivity contribution in [2.24, 2.45) is 0 Å². The van der Waals surface area contributed by atoms with E-state index in [9.17, 15) is 8.78 Å². The minimum absolute atomic E-state index is 0.239. The molecule has 1 heterocycles. The predicted molar refractivity (Wildman–Crippen MR) is 121 cm³/mol. The van der Waals surface area contributed by atoms with Gasteiger partial charge in [0, 0.05) is 8.80 Å². The number of halogens is 2. The molecule has 0 nitrogen and oxygen atoms in total. The first-order valence-electron chi connectivity index (χ1n) is 10.8. The molecular formula is C26H28F2Si. The summed E-state index contributed by atoms with van der Waals surface area (Å²) in [7, 11) is -0.514. The Balaban J connectivity index is 1.71. The minimum atomic E-state index is -0.514. The van der Waals surface area contributed by atoms with Crippen LogP contribution in [0.1, 0.15) is 37.7 Å². The van der Waals surface area contributed by atoms with Gasteiger partial charge in [-0.3, -0.25) is 0 Å². The van der Waals surface area contributed by atoms with E-state index in [-0.39, 0.29) is 11.6 Å². The molecule has 1 saturated heterocycles. The normalized spacial score (nSPS) is 19.3. The van der Waals surface area contributed by atoms with E-state index < -0.39 is 8.80 Å². The van der Waals surface area contributed by atoms with Crippen LogP contribution in [0.5, 0.6) is 0 Å². The Labute approximate surface area is 174 Å². The molecule has 0 saturated carbocycles. The number of rotatable bonds is 5. The Morgan fingerprint density at radius 2 is 1.55 bits per heavy atom. The van der Waals surface area contributed by atoms with Gasteiger partial charge in [0.25, 0.3) is 0 Å². The quantitative estimate of drug-likeness (QED) is 0.379. The van der Waals surface area contributed by atoms with Gasteiger partial charge in [-0.25, -0.2) is 8.78 Å². The highest BCUT2D eigenvalue weighted by molar-refractivity contribution is 6.59. The van der Waals surface area contributed by atoms with E-state index in [0.717, 1.165) is 22.3 Å². The third-order valence-corrected chi connectivity index (χ3v) is 10.0. The molecule has 0 atom stereocenters. The predicted octanol–water partition coefficient (Wildman–Crippen LogP) is 7.81. The molecule has 0 amide bonds. The van der Waals surface area contributed by atoms with Gasteiger partial charge in [-0.1, -0.05) is 73.9 Å². The summed E-state index contributed by atoms with van der Waals surface area (Å²) in [6.45, 7) is 2.30. The molecule has 0 bridgehead atoms. The molecule has 29 heavy (non-hydrogen) atoms. The molecule has 0 aromatic heterocycles. The highest BCUT2D eigenvalue weighted by Crippen LogP contribution is 2.39. The molecule has 150 valence electrons. The minimum Gasteiger partial charge on any atom is -0.207 e. The van der Waals surface area contributed by atoms with Gasteiger partial charge < -0.3 is 0 Å². The van der Waals surface area contributed by atoms with Crippen LogP contribution in [0, 0.1) is 11.6 Å². The van der Waals surface area contributed by atoms with Gasteiger partial charge in [0.2, 0.25) is 0 Å². The molecule has 0 radical (unpaired) electrons. The summed E-state index contributed by atoms with van der Waals surface area (Å²) in [6, 6.07) is 24.3. The fraction of sp³-hybridized carbons (Fsp3) is 0.308. The zero-order valence-electron chi connectivity index (χ0n) is 17.0. The molecule has 0 unspecified atom stereocenters. The highest BCUT2D eigenvalue weighted by atomic mass is 28.3. The third kappa shape index (κ3) is 4.67. The summed E-state index contributed by atoms with van der Waals surface area (Å²) in [5.74, 6) is 0.128. The lowest BCUT2D eigenvalue weighted by atomic mass is 9.87. The zero-order valence-corrected chi connectivity index (χ0v) is 18.2. The van der Waals surface area contributed by atoms with E-state index in [1.165, 1.54) is 61.2 Å². The molecule has 1 aliphatic rings. The lowest BCUT2D eigenvalue weighted by Crippen LogP contribution is -2.20. The molecule has 1 fully saturated rings. The van der Waals surface area contributed by atoms with Gasteiger partial charge in [-0.15, -0.1) is 0 Å². The Morgan fingerprint density at radius 3 is 2.24 bits per heavy atom. The topological polar surface area (TPSA) is 0 Å². The van der Waals surface area contributed by atoms with Crippen LogP contribution < -0.4 is 0 Å². The van der Waals surface area contributed by atoms with Crippen LogP contribution in [0.25, 0.3) is 22.3 Å². The van der Waals surface area contributed by atoms with Gasteiger partial charge in [0.05, 0.1) is 0 Å².